The van der Waals surface area contributed by atoms with Crippen molar-refractivity contribution in [2.24, 2.45) is 0 Å². The molecule has 1 N–H and O–H groups in total. The minimum atomic E-state index is -0.540. The molecule has 1 aromatic heterocycles. The van der Waals surface area contributed by atoms with E-state index in [1.807, 2.05) is 18.2 Å². The van der Waals surface area contributed by atoms with Crippen molar-refractivity contribution in [2.75, 3.05) is 7.11 Å². The van der Waals surface area contributed by atoms with Crippen LogP contribution in [0.4, 0.5) is 5.69 Å². The molecule has 8 nitrogen and oxygen atoms in total. The van der Waals surface area contributed by atoms with Crippen molar-refractivity contribution < 1.29 is 18.9 Å². The molecule has 0 bridgehead atoms. The third-order valence-electron chi connectivity index (χ3n) is 4.23. The molecule has 8 heteroatoms. The van der Waals surface area contributed by atoms with Crippen LogP contribution in [0.2, 0.25) is 0 Å². The Morgan fingerprint density at radius 2 is 2.00 bits per heavy atom. The van der Waals surface area contributed by atoms with Crippen LogP contribution in [0.5, 0.6) is 5.75 Å². The highest BCUT2D eigenvalue weighted by atomic mass is 16.6. The highest BCUT2D eigenvalue weighted by molar-refractivity contribution is 6.01. The van der Waals surface area contributed by atoms with E-state index in [-0.39, 0.29) is 23.6 Å². The SMILES string of the molecule is COc1ccc(CNC(=O)/C(C#N)=C\c2ccc(-c3cccc([N+](=O)[O-])c3)o2)cc1. The number of methoxy groups -OCH3 is 1. The number of nitriles is 1. The quantitative estimate of drug-likeness (QED) is 0.275. The normalized spacial score (nSPS) is 10.9. The molecule has 3 rings (SSSR count). The molecule has 0 unspecified atom stereocenters. The van der Waals surface area contributed by atoms with Gasteiger partial charge in [-0.2, -0.15) is 5.26 Å². The second-order valence-electron chi connectivity index (χ2n) is 6.21. The summed E-state index contributed by atoms with van der Waals surface area (Å²) in [6.45, 7) is 0.249. The van der Waals surface area contributed by atoms with Gasteiger partial charge in [0, 0.05) is 30.3 Å². The number of nitrogens with one attached hydrogen (secondary N) is 1. The molecular formula is C22H17N3O5. The van der Waals surface area contributed by atoms with Gasteiger partial charge in [0.2, 0.25) is 0 Å². The smallest absolute Gasteiger partial charge is 0.270 e. The Balaban J connectivity index is 1.71. The van der Waals surface area contributed by atoms with Gasteiger partial charge in [-0.1, -0.05) is 24.3 Å². The molecule has 0 aliphatic rings. The van der Waals surface area contributed by atoms with Gasteiger partial charge < -0.3 is 14.5 Å². The molecule has 0 fully saturated rings. The molecule has 0 atom stereocenters. The topological polar surface area (TPSA) is 118 Å². The number of carbonyl (C=O) groups is 1. The fraction of sp³-hybridized carbons (Fsp3) is 0.0909. The van der Waals surface area contributed by atoms with Gasteiger partial charge in [-0.25, -0.2) is 0 Å². The van der Waals surface area contributed by atoms with E-state index in [1.54, 1.807) is 43.5 Å². The summed E-state index contributed by atoms with van der Waals surface area (Å²) in [5, 5.41) is 22.9. The Morgan fingerprint density at radius 1 is 1.23 bits per heavy atom. The lowest BCUT2D eigenvalue weighted by molar-refractivity contribution is -0.384. The van der Waals surface area contributed by atoms with E-state index in [0.29, 0.717) is 17.1 Å². The number of hydrogen-bond acceptors (Lipinski definition) is 6. The van der Waals surface area contributed by atoms with Crippen LogP contribution >= 0.6 is 0 Å². The maximum Gasteiger partial charge on any atom is 0.270 e. The number of nitro benzene ring substituents is 1. The van der Waals surface area contributed by atoms with Crippen LogP contribution in [0.1, 0.15) is 11.3 Å². The Hall–Kier alpha value is -4.38. The van der Waals surface area contributed by atoms with E-state index in [0.717, 1.165) is 5.56 Å². The zero-order valence-corrected chi connectivity index (χ0v) is 16.0. The first-order valence-corrected chi connectivity index (χ1v) is 8.87. The van der Waals surface area contributed by atoms with E-state index in [2.05, 4.69) is 5.32 Å². The van der Waals surface area contributed by atoms with Crippen LogP contribution in [0.15, 0.2) is 70.7 Å². The summed E-state index contributed by atoms with van der Waals surface area (Å²) in [7, 11) is 1.57. The predicted octanol–water partition coefficient (Wildman–Crippen LogP) is 4.09. The summed E-state index contributed by atoms with van der Waals surface area (Å²) < 4.78 is 10.7. The highest BCUT2D eigenvalue weighted by Gasteiger charge is 2.13. The fourth-order valence-corrected chi connectivity index (χ4v) is 2.67. The maximum absolute atomic E-state index is 12.3. The van der Waals surface area contributed by atoms with E-state index in [4.69, 9.17) is 9.15 Å². The molecule has 1 amide bonds. The van der Waals surface area contributed by atoms with Gasteiger partial charge >= 0.3 is 0 Å². The van der Waals surface area contributed by atoms with E-state index in [9.17, 15) is 20.2 Å². The lowest BCUT2D eigenvalue weighted by Crippen LogP contribution is -2.23. The number of amides is 1. The summed E-state index contributed by atoms with van der Waals surface area (Å²) in [5.74, 6) is 0.843. The van der Waals surface area contributed by atoms with E-state index >= 15 is 0 Å². The second kappa shape index (κ2) is 9.21. The molecule has 0 aliphatic carbocycles. The van der Waals surface area contributed by atoms with Crippen LogP contribution in [-0.4, -0.2) is 17.9 Å². The van der Waals surface area contributed by atoms with Crippen LogP contribution in [-0.2, 0) is 11.3 Å². The lowest BCUT2D eigenvalue weighted by Gasteiger charge is -2.05. The van der Waals surface area contributed by atoms with Gasteiger partial charge in [0.1, 0.15) is 28.9 Å². The summed E-state index contributed by atoms with van der Waals surface area (Å²) in [4.78, 5) is 22.8. The average molecular weight is 403 g/mol. The fourth-order valence-electron chi connectivity index (χ4n) is 2.67. The first kappa shape index (κ1) is 20.4. The largest absolute Gasteiger partial charge is 0.497 e. The van der Waals surface area contributed by atoms with Gasteiger partial charge in [-0.15, -0.1) is 0 Å². The van der Waals surface area contributed by atoms with Gasteiger partial charge in [-0.05, 0) is 29.8 Å². The molecule has 30 heavy (non-hydrogen) atoms. The number of furan rings is 1. The average Bonchev–Trinajstić information content (AvgIpc) is 3.25. The van der Waals surface area contributed by atoms with Gasteiger partial charge in [0.15, 0.2) is 0 Å². The third-order valence-corrected chi connectivity index (χ3v) is 4.23. The monoisotopic (exact) mass is 403 g/mol. The van der Waals surface area contributed by atoms with Crippen LogP contribution < -0.4 is 10.1 Å². The van der Waals surface area contributed by atoms with Crippen molar-refractivity contribution in [1.29, 1.82) is 5.26 Å². The number of non-ortho nitro benzene ring substituents is 1. The summed E-state index contributed by atoms with van der Waals surface area (Å²) in [6, 6.07) is 18.2. The molecule has 0 saturated carbocycles. The van der Waals surface area contributed by atoms with Crippen molar-refractivity contribution in [3.05, 3.63) is 87.7 Å². The predicted molar refractivity (Wildman–Crippen MR) is 109 cm³/mol. The molecular weight excluding hydrogens is 386 g/mol. The molecule has 0 spiro atoms. The summed E-state index contributed by atoms with van der Waals surface area (Å²) in [5.41, 5.74) is 1.19. The van der Waals surface area contributed by atoms with Gasteiger partial charge in [0.25, 0.3) is 11.6 Å². The second-order valence-corrected chi connectivity index (χ2v) is 6.21. The molecule has 150 valence electrons. The number of ether oxygens (including phenoxy) is 1. The molecule has 0 aliphatic heterocycles. The molecule has 3 aromatic rings. The van der Waals surface area contributed by atoms with Gasteiger partial charge in [0.05, 0.1) is 12.0 Å². The van der Waals surface area contributed by atoms with Crippen molar-refractivity contribution in [2.45, 2.75) is 6.54 Å². The first-order chi connectivity index (χ1) is 14.5. The number of rotatable bonds is 7. The Labute approximate surface area is 172 Å². The first-order valence-electron chi connectivity index (χ1n) is 8.87. The standard InChI is InChI=1S/C22H17N3O5/c1-29-19-7-5-15(6-8-19)14-24-22(26)17(13-23)12-20-9-10-21(30-20)16-3-2-4-18(11-16)25(27)28/h2-12H,14H2,1H3,(H,24,26)/b17-12-. The van der Waals surface area contributed by atoms with Crippen LogP contribution in [0.3, 0.4) is 0 Å². The number of nitro groups is 1. The Kier molecular flexibility index (Phi) is 6.25. The molecule has 0 saturated heterocycles. The van der Waals surface area contributed by atoms with Crippen molar-refractivity contribution in [3.8, 4) is 23.1 Å². The zero-order valence-electron chi connectivity index (χ0n) is 16.0. The third kappa shape index (κ3) is 4.91. The lowest BCUT2D eigenvalue weighted by atomic mass is 10.1. The van der Waals surface area contributed by atoms with Crippen molar-refractivity contribution in [1.82, 2.24) is 5.32 Å². The highest BCUT2D eigenvalue weighted by Crippen LogP contribution is 2.26. The summed E-state index contributed by atoms with van der Waals surface area (Å²) >= 11 is 0. The Bertz CT molecular complexity index is 1140. The minimum absolute atomic E-state index is 0.0587. The number of nitrogens with zero attached hydrogens (tertiary/aromatic N) is 2. The van der Waals surface area contributed by atoms with Crippen molar-refractivity contribution in [3.63, 3.8) is 0 Å². The number of benzene rings is 2. The number of hydrogen-bond donors (Lipinski definition) is 1. The Morgan fingerprint density at radius 3 is 2.67 bits per heavy atom. The van der Waals surface area contributed by atoms with Crippen LogP contribution in [0.25, 0.3) is 17.4 Å². The van der Waals surface area contributed by atoms with Crippen LogP contribution in [0, 0.1) is 21.4 Å². The molecule has 1 heterocycles. The zero-order chi connectivity index (χ0) is 21.5. The summed E-state index contributed by atoms with van der Waals surface area (Å²) in [6.07, 6.45) is 1.32. The van der Waals surface area contributed by atoms with Gasteiger partial charge in [-0.3, -0.25) is 14.9 Å². The molecule has 0 radical (unpaired) electrons. The van der Waals surface area contributed by atoms with Crippen molar-refractivity contribution >= 4 is 17.7 Å². The van der Waals surface area contributed by atoms with E-state index < -0.39 is 10.8 Å². The van der Waals surface area contributed by atoms with E-state index in [1.165, 1.54) is 18.2 Å². The number of carbonyl (C=O) groups excluding carboxylic acids is 1. The molecule has 2 aromatic carbocycles. The minimum Gasteiger partial charge on any atom is -0.497 e. The maximum atomic E-state index is 12.3.